The summed E-state index contributed by atoms with van der Waals surface area (Å²) in [5.74, 6) is -1.61. The lowest BCUT2D eigenvalue weighted by molar-refractivity contribution is -0.164. The molecule has 41 heavy (non-hydrogen) atoms. The first-order valence-corrected chi connectivity index (χ1v) is 13.5. The number of rotatable bonds is 16. The Morgan fingerprint density at radius 2 is 1.68 bits per heavy atom. The number of phosphoric acid groups is 1. The summed E-state index contributed by atoms with van der Waals surface area (Å²) in [6.45, 7) is 5.82. The van der Waals surface area contributed by atoms with Gasteiger partial charge in [-0.3, -0.25) is 18.7 Å². The molecule has 232 valence electrons. The molecule has 1 aromatic rings. The zero-order valence-corrected chi connectivity index (χ0v) is 24.5. The highest BCUT2D eigenvalue weighted by Gasteiger charge is 2.36. The van der Waals surface area contributed by atoms with Crippen molar-refractivity contribution in [3.05, 3.63) is 33.2 Å². The van der Waals surface area contributed by atoms with Crippen LogP contribution in [0, 0.1) is 10.8 Å². The van der Waals surface area contributed by atoms with Crippen LogP contribution in [-0.4, -0.2) is 72.2 Å². The molecule has 0 aliphatic rings. The second-order valence-electron chi connectivity index (χ2n) is 10.4. The van der Waals surface area contributed by atoms with Gasteiger partial charge >= 0.3 is 25.5 Å². The average molecular weight is 611 g/mol. The van der Waals surface area contributed by atoms with E-state index < -0.39 is 75.0 Å². The van der Waals surface area contributed by atoms with Crippen LogP contribution < -0.4 is 11.4 Å². The predicted molar refractivity (Wildman–Crippen MR) is 139 cm³/mol. The highest BCUT2D eigenvalue weighted by Crippen LogP contribution is 2.50. The minimum absolute atomic E-state index is 0.159. The highest BCUT2D eigenvalue weighted by atomic mass is 31.2. The Morgan fingerprint density at radius 1 is 1.15 bits per heavy atom. The van der Waals surface area contributed by atoms with Crippen LogP contribution in [0.25, 0.3) is 10.4 Å². The lowest BCUT2D eigenvalue weighted by Crippen LogP contribution is -2.41. The third-order valence-electron chi connectivity index (χ3n) is 4.74. The minimum atomic E-state index is -4.75. The van der Waals surface area contributed by atoms with E-state index in [0.717, 1.165) is 6.20 Å². The number of halogens is 1. The van der Waals surface area contributed by atoms with E-state index in [0.29, 0.717) is 4.57 Å². The smallest absolute Gasteiger partial charge is 0.437 e. The molecule has 1 rings (SSSR count). The van der Waals surface area contributed by atoms with Gasteiger partial charge in [0.1, 0.15) is 11.9 Å². The normalized spacial score (nSPS) is 14.4. The zero-order valence-electron chi connectivity index (χ0n) is 23.6. The summed E-state index contributed by atoms with van der Waals surface area (Å²) in [6.07, 6.45) is -5.30. The maximum absolute atomic E-state index is 15.4. The largest absolute Gasteiger partial charge is 0.480 e. The molecule has 0 amide bonds. The van der Waals surface area contributed by atoms with Crippen LogP contribution in [-0.2, 0) is 41.9 Å². The summed E-state index contributed by atoms with van der Waals surface area (Å²) >= 11 is 0. The Morgan fingerprint density at radius 3 is 2.15 bits per heavy atom. The second kappa shape index (κ2) is 15.8. The molecule has 0 radical (unpaired) electrons. The van der Waals surface area contributed by atoms with Crippen LogP contribution in [0.3, 0.4) is 0 Å². The van der Waals surface area contributed by atoms with Crippen LogP contribution in [0.15, 0.2) is 22.2 Å². The van der Waals surface area contributed by atoms with Crippen molar-refractivity contribution >= 4 is 25.6 Å². The molecule has 0 saturated carbocycles. The van der Waals surface area contributed by atoms with Gasteiger partial charge in [0.2, 0.25) is 13.6 Å². The third-order valence-corrected chi connectivity index (χ3v) is 6.05. The number of alkyl halides is 1. The molecule has 0 aliphatic heterocycles. The van der Waals surface area contributed by atoms with E-state index in [4.69, 9.17) is 39.0 Å². The van der Waals surface area contributed by atoms with Gasteiger partial charge in [0.15, 0.2) is 12.4 Å². The van der Waals surface area contributed by atoms with E-state index in [9.17, 15) is 24.1 Å². The number of aliphatic hydroxyl groups is 1. The molecule has 0 fully saturated rings. The van der Waals surface area contributed by atoms with Crippen molar-refractivity contribution in [2.24, 2.45) is 15.9 Å². The van der Waals surface area contributed by atoms with Crippen molar-refractivity contribution in [1.82, 2.24) is 9.55 Å². The van der Waals surface area contributed by atoms with E-state index in [2.05, 4.69) is 15.0 Å². The van der Waals surface area contributed by atoms with Gasteiger partial charge in [-0.15, -0.1) is 0 Å². The van der Waals surface area contributed by atoms with Crippen LogP contribution in [0.4, 0.5) is 10.2 Å². The molecule has 17 nitrogen and oxygen atoms in total. The lowest BCUT2D eigenvalue weighted by atomic mass is 9.98. The van der Waals surface area contributed by atoms with Crippen LogP contribution in [0.5, 0.6) is 0 Å². The number of aromatic nitrogens is 2. The maximum atomic E-state index is 15.4. The summed E-state index contributed by atoms with van der Waals surface area (Å²) in [5.41, 5.74) is 11.0. The molecule has 1 heterocycles. The van der Waals surface area contributed by atoms with Gasteiger partial charge in [-0.2, -0.15) is 4.98 Å². The van der Waals surface area contributed by atoms with E-state index in [1.165, 1.54) is 6.07 Å². The standard InChI is InChI=1S/C22H36FN6O11P/c1-21(2,3)18(31)36-12-39-41(34,40-13-37-19(32)22(4,5)6)38-11-14(30)16(23)17(35-10-8-26-28-25)29-9-7-15(24)27-20(29)33/h7,9,14,16-17,30H,8,10-13H2,1-6H3,(H2,24,27,33)/t14-,16-,17-/m1/s1. The van der Waals surface area contributed by atoms with Crippen molar-refractivity contribution in [2.75, 3.05) is 39.1 Å². The number of nitrogen functional groups attached to an aromatic ring is 1. The first-order valence-electron chi connectivity index (χ1n) is 12.1. The summed E-state index contributed by atoms with van der Waals surface area (Å²) in [6, 6.07) is 1.18. The number of phosphoric ester groups is 1. The average Bonchev–Trinajstić information content (AvgIpc) is 2.86. The number of carbonyl (C=O) groups excluding carboxylic acids is 2. The molecule has 0 aliphatic carbocycles. The fraction of sp³-hybridized carbons (Fsp3) is 0.727. The SMILES string of the molecule is CC(C)(C)C(=O)OCOP(=O)(OCOC(=O)C(C)(C)C)OC[C@@H](O)[C@@H](F)[C@@H](OCCN=[N+]=[N-])n1ccc(N)nc1=O. The van der Waals surface area contributed by atoms with Gasteiger partial charge in [-0.05, 0) is 53.1 Å². The number of nitrogens with two attached hydrogens (primary N) is 1. The van der Waals surface area contributed by atoms with Gasteiger partial charge in [-0.25, -0.2) is 22.8 Å². The molecular formula is C22H36FN6O11P. The molecule has 0 bridgehead atoms. The van der Waals surface area contributed by atoms with Gasteiger partial charge in [0.05, 0.1) is 24.0 Å². The topological polar surface area (TPSA) is 236 Å². The number of hydrogen-bond donors (Lipinski definition) is 2. The van der Waals surface area contributed by atoms with Crippen molar-refractivity contribution in [2.45, 2.75) is 60.0 Å². The third kappa shape index (κ3) is 12.5. The van der Waals surface area contributed by atoms with Crippen LogP contribution in [0.2, 0.25) is 0 Å². The molecule has 0 unspecified atom stereocenters. The summed E-state index contributed by atoms with van der Waals surface area (Å²) < 4.78 is 59.2. The van der Waals surface area contributed by atoms with E-state index in [1.807, 2.05) is 0 Å². The summed E-state index contributed by atoms with van der Waals surface area (Å²) in [7, 11) is -4.75. The highest BCUT2D eigenvalue weighted by molar-refractivity contribution is 7.48. The molecule has 1 aromatic heterocycles. The molecule has 19 heteroatoms. The van der Waals surface area contributed by atoms with Gasteiger partial charge in [0.25, 0.3) is 0 Å². The van der Waals surface area contributed by atoms with Gasteiger partial charge in [-0.1, -0.05) is 5.11 Å². The monoisotopic (exact) mass is 610 g/mol. The molecule has 3 atom stereocenters. The Hall–Kier alpha value is -3.11. The van der Waals surface area contributed by atoms with E-state index in [1.54, 1.807) is 41.5 Å². The first kappa shape index (κ1) is 35.9. The number of anilines is 1. The zero-order chi connectivity index (χ0) is 31.4. The van der Waals surface area contributed by atoms with Crippen molar-refractivity contribution in [1.29, 1.82) is 0 Å². The number of aliphatic hydroxyl groups excluding tert-OH is 1. The second-order valence-corrected chi connectivity index (χ2v) is 12.0. The van der Waals surface area contributed by atoms with E-state index in [-0.39, 0.29) is 19.0 Å². The molecular weight excluding hydrogens is 574 g/mol. The van der Waals surface area contributed by atoms with Gasteiger partial charge in [0, 0.05) is 17.7 Å². The molecule has 0 spiro atoms. The number of ether oxygens (including phenoxy) is 3. The molecule has 3 N–H and O–H groups in total. The van der Waals surface area contributed by atoms with Crippen LogP contribution in [0.1, 0.15) is 47.8 Å². The fourth-order valence-electron chi connectivity index (χ4n) is 2.49. The minimum Gasteiger partial charge on any atom is -0.437 e. The van der Waals surface area contributed by atoms with Crippen molar-refractivity contribution < 1.29 is 51.4 Å². The number of hydrogen-bond acceptors (Lipinski definition) is 14. The van der Waals surface area contributed by atoms with Crippen molar-refractivity contribution in [3.8, 4) is 0 Å². The maximum Gasteiger partial charge on any atom is 0.480 e. The quantitative estimate of drug-likeness (QED) is 0.0521. The van der Waals surface area contributed by atoms with Gasteiger partial charge < -0.3 is 25.1 Å². The van der Waals surface area contributed by atoms with Crippen molar-refractivity contribution in [3.63, 3.8) is 0 Å². The molecule has 0 aromatic carbocycles. The number of nitrogens with zero attached hydrogens (tertiary/aromatic N) is 5. The summed E-state index contributed by atoms with van der Waals surface area (Å²) in [4.78, 5) is 42.3. The number of carbonyl (C=O) groups is 2. The summed E-state index contributed by atoms with van der Waals surface area (Å²) in [5, 5.41) is 13.7. The fourth-order valence-corrected chi connectivity index (χ4v) is 3.41. The number of esters is 2. The Kier molecular flexibility index (Phi) is 13.8. The lowest BCUT2D eigenvalue weighted by Gasteiger charge is -2.27. The van der Waals surface area contributed by atoms with Crippen LogP contribution >= 0.6 is 7.82 Å². The number of azide groups is 1. The first-order chi connectivity index (χ1) is 18.9. The Balaban J connectivity index is 3.04. The molecule has 0 saturated heterocycles. The van der Waals surface area contributed by atoms with E-state index >= 15 is 4.39 Å². The Bertz CT molecular complexity index is 1140. The predicted octanol–water partition coefficient (Wildman–Crippen LogP) is 2.60. The Labute approximate surface area is 235 Å².